The smallest absolute Gasteiger partial charge is 0.223 e. The third kappa shape index (κ3) is 4.58. The molecular weight excluding hydrogens is 228 g/mol. The Morgan fingerprint density at radius 3 is 2.50 bits per heavy atom. The Kier molecular flexibility index (Phi) is 6.65. The molecule has 0 saturated heterocycles. The Hall–Kier alpha value is -0.610. The fraction of sp³-hybridized carbons (Fsp3) is 0.929. The zero-order valence-electron chi connectivity index (χ0n) is 11.8. The van der Waals surface area contributed by atoms with Crippen LogP contribution in [0.15, 0.2) is 0 Å². The molecule has 1 rings (SSSR count). The van der Waals surface area contributed by atoms with Crippen molar-refractivity contribution in [1.82, 2.24) is 4.90 Å². The highest BCUT2D eigenvalue weighted by atomic mass is 16.3. The van der Waals surface area contributed by atoms with E-state index in [1.54, 1.807) is 0 Å². The van der Waals surface area contributed by atoms with Crippen LogP contribution in [-0.2, 0) is 4.79 Å². The summed E-state index contributed by atoms with van der Waals surface area (Å²) in [5.41, 5.74) is 5.75. The van der Waals surface area contributed by atoms with Gasteiger partial charge >= 0.3 is 0 Å². The van der Waals surface area contributed by atoms with Crippen LogP contribution in [0, 0.1) is 11.8 Å². The molecule has 1 saturated carbocycles. The Morgan fingerprint density at radius 2 is 2.11 bits per heavy atom. The molecule has 1 atom stereocenters. The molecule has 1 aliphatic rings. The quantitative estimate of drug-likeness (QED) is 0.689. The molecule has 1 aliphatic carbocycles. The van der Waals surface area contributed by atoms with Gasteiger partial charge in [0.15, 0.2) is 0 Å². The minimum Gasteiger partial charge on any atom is -0.395 e. The van der Waals surface area contributed by atoms with Gasteiger partial charge in [-0.1, -0.05) is 13.8 Å². The molecule has 1 amide bonds. The van der Waals surface area contributed by atoms with Crippen LogP contribution >= 0.6 is 0 Å². The Balaban J connectivity index is 2.48. The number of carbonyl (C=O) groups excluding carboxylic acids is 1. The predicted molar refractivity (Wildman–Crippen MR) is 73.1 cm³/mol. The van der Waals surface area contributed by atoms with Gasteiger partial charge < -0.3 is 15.7 Å². The number of aliphatic hydroxyl groups excluding tert-OH is 1. The second kappa shape index (κ2) is 7.74. The standard InChI is InChI=1S/C14H28N2O2/c1-11(2)8-12(10-15)9-14(18)16(6-7-17)13-4-3-5-13/h11-13,17H,3-10,15H2,1-2H3. The van der Waals surface area contributed by atoms with Gasteiger partial charge in [-0.05, 0) is 44.1 Å². The second-order valence-corrected chi connectivity index (χ2v) is 5.83. The fourth-order valence-corrected chi connectivity index (χ4v) is 2.61. The lowest BCUT2D eigenvalue weighted by Gasteiger charge is -2.38. The average Bonchev–Trinajstić information content (AvgIpc) is 2.24. The van der Waals surface area contributed by atoms with E-state index in [1.807, 2.05) is 4.90 Å². The first-order chi connectivity index (χ1) is 8.58. The van der Waals surface area contributed by atoms with Crippen LogP contribution in [0.3, 0.4) is 0 Å². The first-order valence-electron chi connectivity index (χ1n) is 7.18. The third-order valence-electron chi connectivity index (χ3n) is 3.78. The van der Waals surface area contributed by atoms with Gasteiger partial charge in [-0.25, -0.2) is 0 Å². The van der Waals surface area contributed by atoms with Crippen molar-refractivity contribution < 1.29 is 9.90 Å². The average molecular weight is 256 g/mol. The summed E-state index contributed by atoms with van der Waals surface area (Å²) in [5.74, 6) is 1.02. The Bertz CT molecular complexity index is 252. The van der Waals surface area contributed by atoms with Crippen molar-refractivity contribution in [2.45, 2.75) is 52.0 Å². The van der Waals surface area contributed by atoms with Gasteiger partial charge in [-0.2, -0.15) is 0 Å². The number of hydrogen-bond acceptors (Lipinski definition) is 3. The van der Waals surface area contributed by atoms with Crippen molar-refractivity contribution in [2.24, 2.45) is 17.6 Å². The maximum Gasteiger partial charge on any atom is 0.223 e. The minimum absolute atomic E-state index is 0.0553. The normalized spacial score (nSPS) is 17.6. The molecular formula is C14H28N2O2. The van der Waals surface area contributed by atoms with Gasteiger partial charge in [0, 0.05) is 19.0 Å². The molecule has 4 nitrogen and oxygen atoms in total. The highest BCUT2D eigenvalue weighted by molar-refractivity contribution is 5.77. The molecule has 0 aromatic rings. The molecule has 0 aliphatic heterocycles. The number of aliphatic hydroxyl groups is 1. The summed E-state index contributed by atoms with van der Waals surface area (Å²) in [7, 11) is 0. The van der Waals surface area contributed by atoms with Crippen LogP contribution in [0.5, 0.6) is 0 Å². The molecule has 0 heterocycles. The number of nitrogens with two attached hydrogens (primary N) is 1. The predicted octanol–water partition coefficient (Wildman–Crippen LogP) is 1.37. The monoisotopic (exact) mass is 256 g/mol. The van der Waals surface area contributed by atoms with E-state index in [0.29, 0.717) is 31.5 Å². The highest BCUT2D eigenvalue weighted by Crippen LogP contribution is 2.26. The van der Waals surface area contributed by atoms with Crippen molar-refractivity contribution >= 4 is 5.91 Å². The Morgan fingerprint density at radius 1 is 1.44 bits per heavy atom. The van der Waals surface area contributed by atoms with E-state index in [0.717, 1.165) is 19.3 Å². The summed E-state index contributed by atoms with van der Waals surface area (Å²) in [6.45, 7) is 5.42. The van der Waals surface area contributed by atoms with Crippen LogP contribution < -0.4 is 5.73 Å². The first kappa shape index (κ1) is 15.4. The van der Waals surface area contributed by atoms with E-state index in [9.17, 15) is 4.79 Å². The maximum absolute atomic E-state index is 12.3. The molecule has 18 heavy (non-hydrogen) atoms. The summed E-state index contributed by atoms with van der Waals surface area (Å²) in [6.07, 6.45) is 4.91. The number of hydrogen-bond donors (Lipinski definition) is 2. The summed E-state index contributed by atoms with van der Waals surface area (Å²) in [4.78, 5) is 14.1. The lowest BCUT2D eigenvalue weighted by molar-refractivity contribution is -0.137. The van der Waals surface area contributed by atoms with Crippen molar-refractivity contribution in [3.63, 3.8) is 0 Å². The van der Waals surface area contributed by atoms with E-state index in [4.69, 9.17) is 10.8 Å². The van der Waals surface area contributed by atoms with Crippen LogP contribution in [-0.4, -0.2) is 41.7 Å². The van der Waals surface area contributed by atoms with Crippen LogP contribution in [0.1, 0.15) is 46.0 Å². The van der Waals surface area contributed by atoms with Crippen LogP contribution in [0.2, 0.25) is 0 Å². The van der Waals surface area contributed by atoms with Gasteiger partial charge in [-0.15, -0.1) is 0 Å². The molecule has 3 N–H and O–H groups in total. The zero-order chi connectivity index (χ0) is 13.5. The van der Waals surface area contributed by atoms with Crippen LogP contribution in [0.25, 0.3) is 0 Å². The van der Waals surface area contributed by atoms with Gasteiger partial charge in [0.2, 0.25) is 5.91 Å². The third-order valence-corrected chi connectivity index (χ3v) is 3.78. The summed E-state index contributed by atoms with van der Waals surface area (Å²) < 4.78 is 0. The molecule has 0 aromatic heterocycles. The molecule has 0 spiro atoms. The topological polar surface area (TPSA) is 66.6 Å². The van der Waals surface area contributed by atoms with Crippen molar-refractivity contribution in [2.75, 3.05) is 19.7 Å². The highest BCUT2D eigenvalue weighted by Gasteiger charge is 2.29. The van der Waals surface area contributed by atoms with E-state index in [2.05, 4.69) is 13.8 Å². The zero-order valence-corrected chi connectivity index (χ0v) is 11.8. The van der Waals surface area contributed by atoms with Gasteiger partial charge in [-0.3, -0.25) is 4.79 Å². The van der Waals surface area contributed by atoms with E-state index in [-0.39, 0.29) is 18.4 Å². The SMILES string of the molecule is CC(C)CC(CN)CC(=O)N(CCO)C1CCC1. The minimum atomic E-state index is 0.0553. The molecule has 4 heteroatoms. The molecule has 0 aromatic carbocycles. The van der Waals surface area contributed by atoms with Crippen molar-refractivity contribution in [3.8, 4) is 0 Å². The molecule has 0 radical (unpaired) electrons. The molecule has 1 unspecified atom stereocenters. The maximum atomic E-state index is 12.3. The summed E-state index contributed by atoms with van der Waals surface area (Å²) in [5, 5.41) is 9.07. The van der Waals surface area contributed by atoms with Gasteiger partial charge in [0.25, 0.3) is 0 Å². The lowest BCUT2D eigenvalue weighted by Crippen LogP contribution is -2.46. The summed E-state index contributed by atoms with van der Waals surface area (Å²) in [6, 6.07) is 0.363. The number of rotatable bonds is 8. The van der Waals surface area contributed by atoms with E-state index < -0.39 is 0 Å². The molecule has 1 fully saturated rings. The van der Waals surface area contributed by atoms with Crippen LogP contribution in [0.4, 0.5) is 0 Å². The summed E-state index contributed by atoms with van der Waals surface area (Å²) >= 11 is 0. The van der Waals surface area contributed by atoms with E-state index >= 15 is 0 Å². The van der Waals surface area contributed by atoms with Gasteiger partial charge in [0.1, 0.15) is 0 Å². The van der Waals surface area contributed by atoms with Gasteiger partial charge in [0.05, 0.1) is 6.61 Å². The Labute approximate surface area is 111 Å². The largest absolute Gasteiger partial charge is 0.395 e. The molecule has 0 bridgehead atoms. The second-order valence-electron chi connectivity index (χ2n) is 5.83. The lowest BCUT2D eigenvalue weighted by atomic mass is 9.89. The van der Waals surface area contributed by atoms with Crippen molar-refractivity contribution in [3.05, 3.63) is 0 Å². The molecule has 106 valence electrons. The number of nitrogens with zero attached hydrogens (tertiary/aromatic N) is 1. The fourth-order valence-electron chi connectivity index (χ4n) is 2.61. The number of carbonyl (C=O) groups is 1. The number of amides is 1. The van der Waals surface area contributed by atoms with E-state index in [1.165, 1.54) is 6.42 Å². The van der Waals surface area contributed by atoms with Crippen molar-refractivity contribution in [1.29, 1.82) is 0 Å². The first-order valence-corrected chi connectivity index (χ1v) is 7.18.